The van der Waals surface area contributed by atoms with Crippen LogP contribution >= 0.6 is 0 Å². The van der Waals surface area contributed by atoms with E-state index in [1.54, 1.807) is 23.0 Å². The zero-order valence-electron chi connectivity index (χ0n) is 14.2. The Hall–Kier alpha value is -2.23. The number of aromatic nitrogens is 2. The van der Waals surface area contributed by atoms with Gasteiger partial charge in [-0.25, -0.2) is 4.68 Å². The first-order chi connectivity index (χ1) is 11.9. The molecule has 0 bridgehead atoms. The van der Waals surface area contributed by atoms with Gasteiger partial charge in [-0.2, -0.15) is 22.1 Å². The van der Waals surface area contributed by atoms with E-state index < -0.39 is 16.3 Å². The Morgan fingerprint density at radius 2 is 2.12 bits per heavy atom. The van der Waals surface area contributed by atoms with Crippen molar-refractivity contribution in [2.24, 2.45) is 0 Å². The van der Waals surface area contributed by atoms with Crippen LogP contribution in [0.25, 0.3) is 5.69 Å². The molecule has 1 unspecified atom stereocenters. The van der Waals surface area contributed by atoms with Crippen molar-refractivity contribution in [3.63, 3.8) is 0 Å². The van der Waals surface area contributed by atoms with E-state index in [1.807, 2.05) is 24.4 Å². The molecule has 1 aromatic carbocycles. The number of carbonyl (C=O) groups is 1. The van der Waals surface area contributed by atoms with Crippen LogP contribution in [0.4, 0.5) is 5.69 Å². The van der Waals surface area contributed by atoms with Crippen LogP contribution in [0.2, 0.25) is 0 Å². The second kappa shape index (κ2) is 6.95. The van der Waals surface area contributed by atoms with E-state index in [9.17, 15) is 13.2 Å². The van der Waals surface area contributed by atoms with Crippen molar-refractivity contribution in [3.05, 3.63) is 42.7 Å². The minimum Gasteiger partial charge on any atom is -0.325 e. The zero-order valence-corrected chi connectivity index (χ0v) is 15.0. The number of nitrogens with zero attached hydrogens (tertiary/aromatic N) is 4. The van der Waals surface area contributed by atoms with Gasteiger partial charge in [0.15, 0.2) is 0 Å². The van der Waals surface area contributed by atoms with Crippen molar-refractivity contribution < 1.29 is 13.2 Å². The predicted molar refractivity (Wildman–Crippen MR) is 94.5 cm³/mol. The van der Waals surface area contributed by atoms with E-state index in [-0.39, 0.29) is 5.91 Å². The third-order valence-electron chi connectivity index (χ3n) is 4.15. The lowest BCUT2D eigenvalue weighted by molar-refractivity contribution is -0.119. The van der Waals surface area contributed by atoms with Gasteiger partial charge < -0.3 is 5.32 Å². The Morgan fingerprint density at radius 3 is 2.80 bits per heavy atom. The fourth-order valence-corrected chi connectivity index (χ4v) is 4.16. The minimum atomic E-state index is -3.61. The van der Waals surface area contributed by atoms with Crippen molar-refractivity contribution in [2.75, 3.05) is 26.0 Å². The first kappa shape index (κ1) is 17.6. The van der Waals surface area contributed by atoms with Crippen LogP contribution in [0, 0.1) is 0 Å². The summed E-state index contributed by atoms with van der Waals surface area (Å²) in [5.41, 5.74) is 1.42. The highest BCUT2D eigenvalue weighted by Gasteiger charge is 2.39. The first-order valence-electron chi connectivity index (χ1n) is 8.00. The van der Waals surface area contributed by atoms with E-state index in [4.69, 9.17) is 0 Å². The first-order valence-corrected chi connectivity index (χ1v) is 9.39. The third kappa shape index (κ3) is 3.58. The summed E-state index contributed by atoms with van der Waals surface area (Å²) in [7, 11) is -0.678. The van der Waals surface area contributed by atoms with Gasteiger partial charge in [0.1, 0.15) is 6.04 Å². The quantitative estimate of drug-likeness (QED) is 0.861. The van der Waals surface area contributed by atoms with Gasteiger partial charge in [0.2, 0.25) is 5.91 Å². The van der Waals surface area contributed by atoms with Crippen LogP contribution < -0.4 is 5.32 Å². The lowest BCUT2D eigenvalue weighted by Gasteiger charge is -2.26. The Labute approximate surface area is 147 Å². The highest BCUT2D eigenvalue weighted by atomic mass is 32.2. The summed E-state index contributed by atoms with van der Waals surface area (Å²) in [4.78, 5) is 12.6. The molecule has 9 heteroatoms. The predicted octanol–water partition coefficient (Wildman–Crippen LogP) is 1.08. The van der Waals surface area contributed by atoms with E-state index in [0.29, 0.717) is 25.1 Å². The molecule has 0 spiro atoms. The zero-order chi connectivity index (χ0) is 18.0. The Balaban J connectivity index is 1.77. The molecule has 0 radical (unpaired) electrons. The molecule has 1 aliphatic rings. The fraction of sp³-hybridized carbons (Fsp3) is 0.375. The fourth-order valence-electron chi connectivity index (χ4n) is 2.86. The minimum absolute atomic E-state index is 0.319. The second-order valence-electron chi connectivity index (χ2n) is 6.05. The SMILES string of the molecule is CN(C)S(=O)(=O)N1CCCC1C(=O)Nc1cccc(-n2cccn2)c1. The van der Waals surface area contributed by atoms with Crippen LogP contribution in [-0.4, -0.2) is 59.4 Å². The molecule has 1 amide bonds. The molecule has 1 fully saturated rings. The molecule has 1 atom stereocenters. The maximum atomic E-state index is 12.6. The molecule has 1 N–H and O–H groups in total. The summed E-state index contributed by atoms with van der Waals surface area (Å²) in [6.45, 7) is 0.353. The Bertz CT molecular complexity index is 848. The van der Waals surface area contributed by atoms with E-state index in [2.05, 4.69) is 10.4 Å². The normalized spacial score (nSPS) is 18.6. The average molecular weight is 363 g/mol. The summed E-state index contributed by atoms with van der Waals surface area (Å²) in [6.07, 6.45) is 4.66. The van der Waals surface area contributed by atoms with E-state index in [1.165, 1.54) is 18.4 Å². The highest BCUT2D eigenvalue weighted by molar-refractivity contribution is 7.86. The Morgan fingerprint density at radius 1 is 1.32 bits per heavy atom. The van der Waals surface area contributed by atoms with Gasteiger partial charge in [-0.05, 0) is 37.1 Å². The molecular formula is C16H21N5O3S. The monoisotopic (exact) mass is 363 g/mol. The molecule has 1 aliphatic heterocycles. The summed E-state index contributed by atoms with van der Waals surface area (Å²) >= 11 is 0. The van der Waals surface area contributed by atoms with Gasteiger partial charge in [0.05, 0.1) is 5.69 Å². The maximum absolute atomic E-state index is 12.6. The molecule has 2 heterocycles. The summed E-state index contributed by atoms with van der Waals surface area (Å²) in [5.74, 6) is -0.319. The molecule has 25 heavy (non-hydrogen) atoms. The van der Waals surface area contributed by atoms with Crippen molar-refractivity contribution >= 4 is 21.8 Å². The molecular weight excluding hydrogens is 342 g/mol. The van der Waals surface area contributed by atoms with Crippen LogP contribution in [-0.2, 0) is 15.0 Å². The number of hydrogen-bond acceptors (Lipinski definition) is 4. The number of benzene rings is 1. The summed E-state index contributed by atoms with van der Waals surface area (Å²) < 4.78 is 28.8. The maximum Gasteiger partial charge on any atom is 0.282 e. The van der Waals surface area contributed by atoms with E-state index in [0.717, 1.165) is 9.99 Å². The van der Waals surface area contributed by atoms with Gasteiger partial charge in [-0.3, -0.25) is 4.79 Å². The summed E-state index contributed by atoms with van der Waals surface area (Å²) in [6, 6.07) is 8.38. The largest absolute Gasteiger partial charge is 0.325 e. The molecule has 3 rings (SSSR count). The molecule has 2 aromatic rings. The topological polar surface area (TPSA) is 87.5 Å². The number of nitrogens with one attached hydrogen (secondary N) is 1. The van der Waals surface area contributed by atoms with Gasteiger partial charge in [-0.1, -0.05) is 6.07 Å². The van der Waals surface area contributed by atoms with Crippen LogP contribution in [0.1, 0.15) is 12.8 Å². The van der Waals surface area contributed by atoms with Gasteiger partial charge in [-0.15, -0.1) is 0 Å². The van der Waals surface area contributed by atoms with Crippen molar-refractivity contribution in [3.8, 4) is 5.69 Å². The number of hydrogen-bond donors (Lipinski definition) is 1. The summed E-state index contributed by atoms with van der Waals surface area (Å²) in [5, 5.41) is 6.98. The van der Waals surface area contributed by atoms with Crippen LogP contribution in [0.3, 0.4) is 0 Å². The number of carbonyl (C=O) groups excluding carboxylic acids is 1. The van der Waals surface area contributed by atoms with E-state index >= 15 is 0 Å². The second-order valence-corrected chi connectivity index (χ2v) is 8.14. The molecule has 0 saturated carbocycles. The van der Waals surface area contributed by atoms with Gasteiger partial charge in [0.25, 0.3) is 10.2 Å². The highest BCUT2D eigenvalue weighted by Crippen LogP contribution is 2.24. The van der Waals surface area contributed by atoms with Crippen molar-refractivity contribution in [2.45, 2.75) is 18.9 Å². The number of amides is 1. The third-order valence-corrected chi connectivity index (χ3v) is 6.10. The number of rotatable bonds is 5. The van der Waals surface area contributed by atoms with Gasteiger partial charge in [0, 0.05) is 38.7 Å². The number of anilines is 1. The average Bonchev–Trinajstić information content (AvgIpc) is 3.27. The standard InChI is InChI=1S/C16H21N5O3S/c1-19(2)25(23,24)21-11-4-8-15(21)16(22)18-13-6-3-7-14(12-13)20-10-5-9-17-20/h3,5-7,9-10,12,15H,4,8,11H2,1-2H3,(H,18,22). The lowest BCUT2D eigenvalue weighted by Crippen LogP contribution is -2.47. The Kier molecular flexibility index (Phi) is 4.89. The molecule has 8 nitrogen and oxygen atoms in total. The molecule has 1 saturated heterocycles. The molecule has 0 aliphatic carbocycles. The molecule has 1 aromatic heterocycles. The van der Waals surface area contributed by atoms with Gasteiger partial charge >= 0.3 is 0 Å². The van der Waals surface area contributed by atoms with Crippen molar-refractivity contribution in [1.82, 2.24) is 18.4 Å². The molecule has 134 valence electrons. The lowest BCUT2D eigenvalue weighted by atomic mass is 10.2. The van der Waals surface area contributed by atoms with Crippen LogP contribution in [0.5, 0.6) is 0 Å². The van der Waals surface area contributed by atoms with Crippen LogP contribution in [0.15, 0.2) is 42.7 Å². The van der Waals surface area contributed by atoms with Crippen molar-refractivity contribution in [1.29, 1.82) is 0 Å². The smallest absolute Gasteiger partial charge is 0.282 e.